The van der Waals surface area contributed by atoms with Gasteiger partial charge in [-0.15, -0.1) is 0 Å². The Hall–Kier alpha value is -1.06. The first kappa shape index (κ1) is 16.3. The number of rotatable bonds is 6. The topological polar surface area (TPSA) is 25.0 Å². The summed E-state index contributed by atoms with van der Waals surface area (Å²) in [6.45, 7) is 14.7. The Bertz CT molecular complexity index is 564. The van der Waals surface area contributed by atoms with Gasteiger partial charge in [0.15, 0.2) is 0 Å². The molecule has 0 saturated carbocycles. The van der Waals surface area contributed by atoms with Gasteiger partial charge in [-0.2, -0.15) is 0 Å². The zero-order chi connectivity index (χ0) is 15.6. The molecule has 1 N–H and O–H groups in total. The number of aromatic amines is 1. The average Bonchev–Trinajstić information content (AvgIpc) is 2.82. The number of hydrogen-bond donors (Lipinski definition) is 1. The lowest BCUT2D eigenvalue weighted by Gasteiger charge is -2.42. The van der Waals surface area contributed by atoms with Crippen molar-refractivity contribution in [3.05, 3.63) is 36.0 Å². The van der Waals surface area contributed by atoms with E-state index in [1.165, 1.54) is 16.5 Å². The molecule has 0 aliphatic rings. The van der Waals surface area contributed by atoms with Gasteiger partial charge in [-0.25, -0.2) is 0 Å². The molecule has 116 valence electrons. The van der Waals surface area contributed by atoms with E-state index >= 15 is 0 Å². The third-order valence-electron chi connectivity index (χ3n) is 4.86. The third kappa shape index (κ3) is 2.95. The quantitative estimate of drug-likeness (QED) is 0.664. The molecule has 0 radical (unpaired) electrons. The Morgan fingerprint density at radius 1 is 0.952 bits per heavy atom. The lowest BCUT2D eigenvalue weighted by molar-refractivity contribution is 0.267. The van der Waals surface area contributed by atoms with Crippen molar-refractivity contribution in [2.75, 3.05) is 0 Å². The molecule has 2 aromatic rings. The first-order chi connectivity index (χ1) is 9.89. The van der Waals surface area contributed by atoms with Gasteiger partial charge in [-0.05, 0) is 22.7 Å². The van der Waals surface area contributed by atoms with Crippen molar-refractivity contribution in [2.24, 2.45) is 0 Å². The van der Waals surface area contributed by atoms with Gasteiger partial charge in [0.25, 0.3) is 0 Å². The Morgan fingerprint density at radius 3 is 2.10 bits per heavy atom. The van der Waals surface area contributed by atoms with Crippen LogP contribution in [0.5, 0.6) is 0 Å². The van der Waals surface area contributed by atoms with Gasteiger partial charge >= 0.3 is 0 Å². The molecule has 0 aliphatic heterocycles. The number of hydrogen-bond acceptors (Lipinski definition) is 1. The average molecular weight is 304 g/mol. The van der Waals surface area contributed by atoms with E-state index in [0.717, 1.165) is 6.61 Å². The predicted molar refractivity (Wildman–Crippen MR) is 94.1 cm³/mol. The zero-order valence-electron chi connectivity index (χ0n) is 14.2. The van der Waals surface area contributed by atoms with Crippen LogP contribution in [0.1, 0.15) is 47.1 Å². The van der Waals surface area contributed by atoms with E-state index in [4.69, 9.17) is 4.43 Å². The molecule has 1 aromatic carbocycles. The van der Waals surface area contributed by atoms with Gasteiger partial charge < -0.3 is 9.41 Å². The second-order valence-corrected chi connectivity index (χ2v) is 12.4. The number of benzene rings is 1. The first-order valence-corrected chi connectivity index (χ1v) is 10.2. The fourth-order valence-electron chi connectivity index (χ4n) is 3.95. The second kappa shape index (κ2) is 6.37. The maximum absolute atomic E-state index is 6.69. The molecular formula is C18H29NOSi. The monoisotopic (exact) mass is 303 g/mol. The van der Waals surface area contributed by atoms with Gasteiger partial charge in [0.1, 0.15) is 0 Å². The van der Waals surface area contributed by atoms with Crippen molar-refractivity contribution in [1.29, 1.82) is 0 Å². The van der Waals surface area contributed by atoms with Gasteiger partial charge in [0.2, 0.25) is 8.32 Å². The summed E-state index contributed by atoms with van der Waals surface area (Å²) >= 11 is 0. The highest BCUT2D eigenvalue weighted by atomic mass is 28.4. The van der Waals surface area contributed by atoms with Gasteiger partial charge in [-0.1, -0.05) is 59.7 Å². The molecule has 21 heavy (non-hydrogen) atoms. The highest BCUT2D eigenvalue weighted by molar-refractivity contribution is 6.77. The van der Waals surface area contributed by atoms with Crippen LogP contribution in [0.4, 0.5) is 0 Å². The highest BCUT2D eigenvalue weighted by Gasteiger charge is 2.45. The fourth-order valence-corrected chi connectivity index (χ4v) is 9.36. The normalized spacial score (nSPS) is 13.0. The molecule has 0 atom stereocenters. The van der Waals surface area contributed by atoms with Crippen molar-refractivity contribution >= 4 is 19.2 Å². The third-order valence-corrected chi connectivity index (χ3v) is 10.9. The summed E-state index contributed by atoms with van der Waals surface area (Å²) in [6, 6.07) is 8.46. The zero-order valence-corrected chi connectivity index (χ0v) is 15.2. The SMILES string of the molecule is CC(C)[Si](OCc1c[nH]c2ccccc12)(C(C)C)C(C)C. The van der Waals surface area contributed by atoms with E-state index in [1.807, 2.05) is 0 Å². The molecule has 0 unspecified atom stereocenters. The van der Waals surface area contributed by atoms with E-state index < -0.39 is 8.32 Å². The minimum absolute atomic E-state index is 0.628. The van der Waals surface area contributed by atoms with E-state index in [-0.39, 0.29) is 0 Å². The number of H-pyrrole nitrogens is 1. The van der Waals surface area contributed by atoms with Gasteiger partial charge in [0.05, 0.1) is 6.61 Å². The highest BCUT2D eigenvalue weighted by Crippen LogP contribution is 2.42. The van der Waals surface area contributed by atoms with Crippen LogP contribution in [0.15, 0.2) is 30.5 Å². The van der Waals surface area contributed by atoms with Crippen molar-refractivity contribution in [3.63, 3.8) is 0 Å². The molecule has 0 fully saturated rings. The molecule has 3 heteroatoms. The summed E-state index contributed by atoms with van der Waals surface area (Å²) < 4.78 is 6.69. The Balaban J connectivity index is 2.26. The number of nitrogens with one attached hydrogen (secondary N) is 1. The summed E-state index contributed by atoms with van der Waals surface area (Å²) in [7, 11) is -1.78. The van der Waals surface area contributed by atoms with Crippen LogP contribution < -0.4 is 0 Å². The maximum atomic E-state index is 6.69. The van der Waals surface area contributed by atoms with Crippen molar-refractivity contribution in [2.45, 2.75) is 64.8 Å². The van der Waals surface area contributed by atoms with Crippen LogP contribution in [0.3, 0.4) is 0 Å². The van der Waals surface area contributed by atoms with Crippen molar-refractivity contribution in [1.82, 2.24) is 4.98 Å². The van der Waals surface area contributed by atoms with Crippen molar-refractivity contribution < 1.29 is 4.43 Å². The second-order valence-electron chi connectivity index (χ2n) is 6.97. The maximum Gasteiger partial charge on any atom is 0.200 e. The number of para-hydroxylation sites is 1. The Labute approximate surface area is 130 Å². The van der Waals surface area contributed by atoms with Gasteiger partial charge in [0, 0.05) is 22.7 Å². The minimum Gasteiger partial charge on any atom is -0.412 e. The van der Waals surface area contributed by atoms with Crippen LogP contribution >= 0.6 is 0 Å². The molecular weight excluding hydrogens is 274 g/mol. The summed E-state index contributed by atoms with van der Waals surface area (Å²) in [5.41, 5.74) is 4.36. The summed E-state index contributed by atoms with van der Waals surface area (Å²) in [5, 5.41) is 1.29. The molecule has 0 bridgehead atoms. The molecule has 0 amide bonds. The standard InChI is InChI=1S/C18H29NOSi/c1-13(2)21(14(3)4,15(5)6)20-12-16-11-19-18-10-8-7-9-17(16)18/h7-11,13-15,19H,12H2,1-6H3. The van der Waals surface area contributed by atoms with E-state index in [9.17, 15) is 0 Å². The fraction of sp³-hybridized carbons (Fsp3) is 0.556. The van der Waals surface area contributed by atoms with Crippen LogP contribution in [0.25, 0.3) is 10.9 Å². The lowest BCUT2D eigenvalue weighted by atomic mass is 10.2. The van der Waals surface area contributed by atoms with Crippen molar-refractivity contribution in [3.8, 4) is 0 Å². The summed E-state index contributed by atoms with van der Waals surface area (Å²) in [5.74, 6) is 0. The lowest BCUT2D eigenvalue weighted by Crippen LogP contribution is -2.47. The smallest absolute Gasteiger partial charge is 0.200 e. The predicted octanol–water partition coefficient (Wildman–Crippen LogP) is 5.86. The van der Waals surface area contributed by atoms with E-state index in [0.29, 0.717) is 16.6 Å². The van der Waals surface area contributed by atoms with E-state index in [2.05, 4.69) is 77.0 Å². The van der Waals surface area contributed by atoms with Crippen LogP contribution in [-0.2, 0) is 11.0 Å². The Morgan fingerprint density at radius 2 is 1.52 bits per heavy atom. The van der Waals surface area contributed by atoms with Crippen LogP contribution in [0.2, 0.25) is 16.6 Å². The van der Waals surface area contributed by atoms with Crippen LogP contribution in [0, 0.1) is 0 Å². The Kier molecular flexibility index (Phi) is 4.94. The largest absolute Gasteiger partial charge is 0.412 e. The van der Waals surface area contributed by atoms with E-state index in [1.54, 1.807) is 0 Å². The molecule has 1 heterocycles. The molecule has 2 nitrogen and oxygen atoms in total. The summed E-state index contributed by atoms with van der Waals surface area (Å²) in [6.07, 6.45) is 2.10. The minimum atomic E-state index is -1.78. The molecule has 1 aromatic heterocycles. The first-order valence-electron chi connectivity index (χ1n) is 8.08. The number of fused-ring (bicyclic) bond motifs is 1. The molecule has 0 spiro atoms. The molecule has 0 aliphatic carbocycles. The van der Waals surface area contributed by atoms with Crippen LogP contribution in [-0.4, -0.2) is 13.3 Å². The number of aromatic nitrogens is 1. The molecule has 2 rings (SSSR count). The van der Waals surface area contributed by atoms with Gasteiger partial charge in [-0.3, -0.25) is 0 Å². The molecule has 0 saturated heterocycles. The summed E-state index contributed by atoms with van der Waals surface area (Å²) in [4.78, 5) is 3.35.